The van der Waals surface area contributed by atoms with Crippen molar-refractivity contribution in [3.05, 3.63) is 46.8 Å². The molecule has 1 aromatic rings. The van der Waals surface area contributed by atoms with E-state index in [1.54, 1.807) is 24.0 Å². The first-order valence-corrected chi connectivity index (χ1v) is 7.77. The standard InChI is InChI=1S/C17H21ClFNO2/c1-3-7-17(11-21)8-4-9-20(10-17)16(22)14-13(19)6-5-12(2)15(14)18/h3,5-6,21H,1,4,7-11H2,2H3/t17-/m0/s1. The summed E-state index contributed by atoms with van der Waals surface area (Å²) in [6.45, 7) is 6.37. The molecule has 1 aliphatic rings. The van der Waals surface area contributed by atoms with E-state index in [9.17, 15) is 14.3 Å². The Hall–Kier alpha value is -1.39. The summed E-state index contributed by atoms with van der Waals surface area (Å²) in [6, 6.07) is 2.82. The van der Waals surface area contributed by atoms with Crippen molar-refractivity contribution in [3.8, 4) is 0 Å². The average Bonchev–Trinajstić information content (AvgIpc) is 2.52. The lowest BCUT2D eigenvalue weighted by molar-refractivity contribution is 0.0282. The fourth-order valence-electron chi connectivity index (χ4n) is 3.06. The monoisotopic (exact) mass is 325 g/mol. The van der Waals surface area contributed by atoms with Gasteiger partial charge in [0.1, 0.15) is 5.82 Å². The Labute approximate surface area is 135 Å². The molecule has 1 aliphatic heterocycles. The zero-order valence-electron chi connectivity index (χ0n) is 12.7. The van der Waals surface area contributed by atoms with Gasteiger partial charge in [-0.15, -0.1) is 6.58 Å². The highest BCUT2D eigenvalue weighted by atomic mass is 35.5. The lowest BCUT2D eigenvalue weighted by atomic mass is 9.77. The fraction of sp³-hybridized carbons (Fsp3) is 0.471. The van der Waals surface area contributed by atoms with E-state index in [2.05, 4.69) is 6.58 Å². The first-order chi connectivity index (χ1) is 10.4. The normalized spacial score (nSPS) is 21.7. The van der Waals surface area contributed by atoms with Gasteiger partial charge in [0.15, 0.2) is 0 Å². The van der Waals surface area contributed by atoms with Crippen molar-refractivity contribution in [1.82, 2.24) is 4.90 Å². The lowest BCUT2D eigenvalue weighted by Gasteiger charge is -2.41. The molecule has 5 heteroatoms. The maximum absolute atomic E-state index is 14.1. The second kappa shape index (κ2) is 6.80. The molecule has 1 saturated heterocycles. The number of likely N-dealkylation sites (tertiary alicyclic amines) is 1. The molecule has 1 atom stereocenters. The van der Waals surface area contributed by atoms with Crippen LogP contribution in [0.1, 0.15) is 35.2 Å². The minimum atomic E-state index is -0.607. The van der Waals surface area contributed by atoms with Crippen LogP contribution in [0.4, 0.5) is 4.39 Å². The molecule has 2 rings (SSSR count). The number of hydrogen-bond acceptors (Lipinski definition) is 2. The molecule has 0 bridgehead atoms. The van der Waals surface area contributed by atoms with Gasteiger partial charge in [0.2, 0.25) is 0 Å². The number of piperidine rings is 1. The molecule has 0 saturated carbocycles. The first-order valence-electron chi connectivity index (χ1n) is 7.40. The molecule has 1 aromatic carbocycles. The van der Waals surface area contributed by atoms with Gasteiger partial charge >= 0.3 is 0 Å². The van der Waals surface area contributed by atoms with Crippen molar-refractivity contribution in [3.63, 3.8) is 0 Å². The van der Waals surface area contributed by atoms with Crippen molar-refractivity contribution in [2.24, 2.45) is 5.41 Å². The number of rotatable bonds is 4. The zero-order chi connectivity index (χ0) is 16.3. The molecular weight excluding hydrogens is 305 g/mol. The van der Waals surface area contributed by atoms with Crippen molar-refractivity contribution < 1.29 is 14.3 Å². The summed E-state index contributed by atoms with van der Waals surface area (Å²) in [4.78, 5) is 14.3. The summed E-state index contributed by atoms with van der Waals surface area (Å²) in [5.74, 6) is -1.02. The third kappa shape index (κ3) is 3.18. The van der Waals surface area contributed by atoms with Gasteiger partial charge in [-0.05, 0) is 37.8 Å². The summed E-state index contributed by atoms with van der Waals surface area (Å²) in [7, 11) is 0. The molecule has 3 nitrogen and oxygen atoms in total. The number of hydrogen-bond donors (Lipinski definition) is 1. The molecule has 0 radical (unpaired) electrons. The van der Waals surface area contributed by atoms with Gasteiger partial charge in [-0.2, -0.15) is 0 Å². The van der Waals surface area contributed by atoms with E-state index in [0.29, 0.717) is 25.1 Å². The number of benzene rings is 1. The number of amides is 1. The van der Waals surface area contributed by atoms with Gasteiger partial charge in [-0.1, -0.05) is 23.7 Å². The molecule has 1 amide bonds. The Balaban J connectivity index is 2.30. The predicted octanol–water partition coefficient (Wildman–Crippen LogP) is 3.58. The second-order valence-corrected chi connectivity index (χ2v) is 6.41. The van der Waals surface area contributed by atoms with Crippen LogP contribution in [0.2, 0.25) is 5.02 Å². The third-order valence-electron chi connectivity index (χ3n) is 4.36. The minimum Gasteiger partial charge on any atom is -0.396 e. The molecule has 0 spiro atoms. The van der Waals surface area contributed by atoms with Crippen molar-refractivity contribution in [2.45, 2.75) is 26.2 Å². The minimum absolute atomic E-state index is 0.0210. The highest BCUT2D eigenvalue weighted by Crippen LogP contribution is 2.35. The molecule has 0 aromatic heterocycles. The lowest BCUT2D eigenvalue weighted by Crippen LogP contribution is -2.48. The van der Waals surface area contributed by atoms with Gasteiger partial charge in [0, 0.05) is 18.5 Å². The van der Waals surface area contributed by atoms with Crippen molar-refractivity contribution in [1.29, 1.82) is 0 Å². The summed E-state index contributed by atoms with van der Waals surface area (Å²) >= 11 is 6.13. The summed E-state index contributed by atoms with van der Waals surface area (Å²) in [5.41, 5.74) is 0.208. The topological polar surface area (TPSA) is 40.5 Å². The van der Waals surface area contributed by atoms with Crippen LogP contribution in [-0.4, -0.2) is 35.6 Å². The summed E-state index contributed by atoms with van der Waals surface area (Å²) in [6.07, 6.45) is 3.97. The van der Waals surface area contributed by atoms with Crippen LogP contribution in [0, 0.1) is 18.2 Å². The maximum Gasteiger partial charge on any atom is 0.258 e. The molecule has 22 heavy (non-hydrogen) atoms. The van der Waals surface area contributed by atoms with E-state index in [4.69, 9.17) is 11.6 Å². The van der Waals surface area contributed by atoms with Crippen LogP contribution in [0.25, 0.3) is 0 Å². The van der Waals surface area contributed by atoms with Crippen molar-refractivity contribution >= 4 is 17.5 Å². The number of aryl methyl sites for hydroxylation is 1. The quantitative estimate of drug-likeness (QED) is 0.860. The van der Waals surface area contributed by atoms with Crippen LogP contribution < -0.4 is 0 Å². The smallest absolute Gasteiger partial charge is 0.258 e. The van der Waals surface area contributed by atoms with E-state index in [1.165, 1.54) is 6.07 Å². The first kappa shape index (κ1) is 17.0. The number of aliphatic hydroxyl groups is 1. The zero-order valence-corrected chi connectivity index (χ0v) is 13.5. The Morgan fingerprint density at radius 1 is 1.59 bits per heavy atom. The van der Waals surface area contributed by atoms with Crippen LogP contribution in [-0.2, 0) is 0 Å². The number of carbonyl (C=O) groups is 1. The number of aliphatic hydroxyl groups excluding tert-OH is 1. The van der Waals surface area contributed by atoms with E-state index < -0.39 is 11.7 Å². The molecule has 120 valence electrons. The Bertz CT molecular complexity index is 590. The van der Waals surface area contributed by atoms with E-state index in [-0.39, 0.29) is 22.6 Å². The van der Waals surface area contributed by atoms with Crippen molar-refractivity contribution in [2.75, 3.05) is 19.7 Å². The summed E-state index contributed by atoms with van der Waals surface area (Å²) in [5, 5.41) is 9.87. The Morgan fingerprint density at radius 3 is 2.95 bits per heavy atom. The second-order valence-electron chi connectivity index (χ2n) is 6.03. The van der Waals surface area contributed by atoms with Gasteiger partial charge in [0.25, 0.3) is 5.91 Å². The van der Waals surface area contributed by atoms with Crippen LogP contribution in [0.3, 0.4) is 0 Å². The predicted molar refractivity (Wildman–Crippen MR) is 85.6 cm³/mol. The SMILES string of the molecule is C=CC[C@]1(CO)CCCN(C(=O)c2c(F)ccc(C)c2Cl)C1. The molecule has 1 fully saturated rings. The van der Waals surface area contributed by atoms with Crippen LogP contribution in [0.15, 0.2) is 24.8 Å². The highest BCUT2D eigenvalue weighted by molar-refractivity contribution is 6.34. The third-order valence-corrected chi connectivity index (χ3v) is 4.85. The molecule has 0 unspecified atom stereocenters. The van der Waals surface area contributed by atoms with Crippen LogP contribution in [0.5, 0.6) is 0 Å². The van der Waals surface area contributed by atoms with Gasteiger partial charge in [0.05, 0.1) is 17.2 Å². The number of nitrogens with zero attached hydrogens (tertiary/aromatic N) is 1. The summed E-state index contributed by atoms with van der Waals surface area (Å²) < 4.78 is 14.1. The fourth-order valence-corrected chi connectivity index (χ4v) is 3.29. The largest absolute Gasteiger partial charge is 0.396 e. The van der Waals surface area contributed by atoms with Crippen LogP contribution >= 0.6 is 11.6 Å². The van der Waals surface area contributed by atoms with E-state index in [0.717, 1.165) is 12.8 Å². The van der Waals surface area contributed by atoms with Gasteiger partial charge in [-0.25, -0.2) is 4.39 Å². The number of carbonyl (C=O) groups excluding carboxylic acids is 1. The van der Waals surface area contributed by atoms with E-state index in [1.807, 2.05) is 0 Å². The Morgan fingerprint density at radius 2 is 2.32 bits per heavy atom. The molecule has 1 N–H and O–H groups in total. The maximum atomic E-state index is 14.1. The molecule has 0 aliphatic carbocycles. The molecule has 1 heterocycles. The molecular formula is C17H21ClFNO2. The average molecular weight is 326 g/mol. The highest BCUT2D eigenvalue weighted by Gasteiger charge is 2.37. The van der Waals surface area contributed by atoms with Gasteiger partial charge < -0.3 is 10.0 Å². The van der Waals surface area contributed by atoms with Gasteiger partial charge in [-0.3, -0.25) is 4.79 Å². The van der Waals surface area contributed by atoms with E-state index >= 15 is 0 Å². The Kier molecular flexibility index (Phi) is 5.24. The number of allylic oxidation sites excluding steroid dienone is 1. The number of halogens is 2.